The Balaban J connectivity index is 1.26. The van der Waals surface area contributed by atoms with Crippen LogP contribution < -0.4 is 69.5 Å². The van der Waals surface area contributed by atoms with Crippen molar-refractivity contribution in [2.75, 3.05) is 19.7 Å². The molecular formula is C68H91N15O20. The van der Waals surface area contributed by atoms with Crippen LogP contribution in [0.4, 0.5) is 0 Å². The number of aromatic nitrogens is 2. The van der Waals surface area contributed by atoms with Crippen LogP contribution in [0, 0.1) is 11.8 Å². The molecule has 0 spiro atoms. The zero-order valence-corrected chi connectivity index (χ0v) is 57.8. The van der Waals surface area contributed by atoms with Crippen molar-refractivity contribution in [1.29, 1.82) is 0 Å². The van der Waals surface area contributed by atoms with Crippen molar-refractivity contribution >= 4 is 111 Å². The molecule has 0 fully saturated rings. The predicted octanol–water partition coefficient (Wildman–Crippen LogP) is -3.94. The summed E-state index contributed by atoms with van der Waals surface area (Å²) in [5.74, 6) is -17.0. The molecular weight excluding hydrogens is 1350 g/mol. The second-order valence-electron chi connectivity index (χ2n) is 25.4. The third-order valence-corrected chi connectivity index (χ3v) is 16.2. The van der Waals surface area contributed by atoms with Crippen molar-refractivity contribution in [3.05, 3.63) is 108 Å². The average molecular weight is 1440 g/mol. The van der Waals surface area contributed by atoms with Gasteiger partial charge < -0.3 is 105 Å². The summed E-state index contributed by atoms with van der Waals surface area (Å²) in [5, 5.41) is 80.4. The van der Waals surface area contributed by atoms with E-state index in [1.54, 1.807) is 105 Å². The number of aliphatic hydroxyl groups is 3. The average Bonchev–Trinajstić information content (AvgIpc) is 1.72. The van der Waals surface area contributed by atoms with Gasteiger partial charge in [0, 0.05) is 66.8 Å². The number of H-pyrrole nitrogens is 2. The van der Waals surface area contributed by atoms with Crippen LogP contribution in [-0.2, 0) is 91.2 Å². The van der Waals surface area contributed by atoms with Gasteiger partial charge in [-0.2, -0.15) is 0 Å². The smallest absolute Gasteiger partial charge is 0.305 e. The summed E-state index contributed by atoms with van der Waals surface area (Å²) in [7, 11) is 0. The third kappa shape index (κ3) is 26.0. The maximum absolute atomic E-state index is 14.5. The summed E-state index contributed by atoms with van der Waals surface area (Å²) in [4.78, 5) is 206. The first-order chi connectivity index (χ1) is 48.6. The molecule has 558 valence electrons. The molecule has 12 atom stereocenters. The van der Waals surface area contributed by atoms with Gasteiger partial charge in [0.1, 0.15) is 60.4 Å². The lowest BCUT2D eigenvalue weighted by atomic mass is 9.99. The summed E-state index contributed by atoms with van der Waals surface area (Å²) in [6, 6.07) is 6.26. The molecule has 0 radical (unpaired) electrons. The number of hydrogen-bond donors (Lipinski definition) is 20. The Morgan fingerprint density at radius 1 is 0.437 bits per heavy atom. The van der Waals surface area contributed by atoms with Gasteiger partial charge in [0.15, 0.2) is 0 Å². The second-order valence-corrected chi connectivity index (χ2v) is 25.4. The Morgan fingerprint density at radius 2 is 0.864 bits per heavy atom. The monoisotopic (exact) mass is 1440 g/mol. The number of aliphatic carboxylic acids is 2. The molecule has 13 amide bonds. The third-order valence-electron chi connectivity index (χ3n) is 16.2. The van der Waals surface area contributed by atoms with Crippen LogP contribution in [0.15, 0.2) is 91.3 Å². The molecule has 2 heterocycles. The summed E-state index contributed by atoms with van der Waals surface area (Å²) in [5.41, 5.74) is 8.24. The van der Waals surface area contributed by atoms with E-state index in [1.807, 2.05) is 0 Å². The number of carboxylic acids is 2. The van der Waals surface area contributed by atoms with Gasteiger partial charge in [-0.3, -0.25) is 71.9 Å². The van der Waals surface area contributed by atoms with E-state index in [1.165, 1.54) is 13.8 Å². The number of carbonyl (C=O) groups is 15. The van der Waals surface area contributed by atoms with E-state index < -0.39 is 206 Å². The van der Waals surface area contributed by atoms with Gasteiger partial charge in [0.2, 0.25) is 76.8 Å². The number of nitrogens with two attached hydrogens (primary N) is 1. The molecule has 5 aromatic rings. The van der Waals surface area contributed by atoms with Crippen LogP contribution in [-0.4, -0.2) is 217 Å². The van der Waals surface area contributed by atoms with Gasteiger partial charge >= 0.3 is 11.9 Å². The van der Waals surface area contributed by atoms with Gasteiger partial charge in [-0.05, 0) is 67.3 Å². The molecule has 0 unspecified atom stereocenters. The van der Waals surface area contributed by atoms with E-state index in [4.69, 9.17) is 5.73 Å². The lowest BCUT2D eigenvalue weighted by Gasteiger charge is -2.29. The van der Waals surface area contributed by atoms with E-state index in [2.05, 4.69) is 73.8 Å². The highest BCUT2D eigenvalue weighted by Gasteiger charge is 2.37. The molecule has 0 saturated carbocycles. The quantitative estimate of drug-likeness (QED) is 0.0178. The predicted molar refractivity (Wildman–Crippen MR) is 368 cm³/mol. The van der Waals surface area contributed by atoms with Crippen LogP contribution in [0.5, 0.6) is 0 Å². The zero-order chi connectivity index (χ0) is 76.4. The number of fused-ring (bicyclic) bond motifs is 2. The lowest BCUT2D eigenvalue weighted by Crippen LogP contribution is -2.61. The van der Waals surface area contributed by atoms with Crippen LogP contribution in [0.3, 0.4) is 0 Å². The number of hydrogen-bond acceptors (Lipinski definition) is 18. The SMILES string of the molecule is CC(=O)N[C@@H](CC(=O)O)C(=O)N[C@@H](Cc1c[nH]c2ccccc12)C(=O)NCC(=O)N[C@H](C(=O)N[C@@H](CC(C)C)C(=O)N[C@H](C(=O)N[C@@H](CO)C(=O)NCC(=O)N[C@@H](Cc1ccccc1)C(=O)N[C@@H](Cc1c[nH]c2ccccc12)C(=O)N[C@@H](CCC(=O)O)C(=O)N[C@H](C(N)=O)[C@@H](C)O)C(C)C)[C@@H](C)O. The minimum absolute atomic E-state index is 0.0815. The molecule has 0 bridgehead atoms. The Morgan fingerprint density at radius 3 is 1.35 bits per heavy atom. The summed E-state index contributed by atoms with van der Waals surface area (Å²) >= 11 is 0. The molecule has 35 nitrogen and oxygen atoms in total. The van der Waals surface area contributed by atoms with E-state index >= 15 is 0 Å². The number of benzene rings is 3. The molecule has 0 aliphatic carbocycles. The lowest BCUT2D eigenvalue weighted by molar-refractivity contribution is -0.141. The largest absolute Gasteiger partial charge is 0.481 e. The number of primary amides is 1. The Labute approximate surface area is 590 Å². The molecule has 0 aliphatic heterocycles. The van der Waals surface area contributed by atoms with Crippen LogP contribution in [0.1, 0.15) is 90.8 Å². The number of aliphatic hydroxyl groups excluding tert-OH is 3. The molecule has 5 rings (SSSR count). The number of carboxylic acid groups (broad SMARTS) is 2. The molecule has 21 N–H and O–H groups in total. The van der Waals surface area contributed by atoms with E-state index in [9.17, 15) is 97.5 Å². The van der Waals surface area contributed by atoms with E-state index in [0.29, 0.717) is 38.5 Å². The fraction of sp³-hybridized carbons (Fsp3) is 0.456. The Kier molecular flexibility index (Phi) is 31.7. The molecule has 0 aliphatic rings. The summed E-state index contributed by atoms with van der Waals surface area (Å²) in [6.45, 7) is 7.05. The standard InChI is InChI=1S/C68H91N15O20/c1-33(2)23-46(79-68(103)58(36(6)86)81-53(89)31-72-60(95)48(25-39-28-70-43-19-13-11-17-41(39)43)77-65(100)50(27-55(92)93)74-37(7)87)66(101)82-56(34(3)4)67(102)80-51(32-84)61(96)73-30-52(88)75-47(24-38-15-9-8-10-16-38)63(98)78-49(26-40-29-71-44-20-14-12-18-42(40)44)64(99)76-45(21-22-54(90)91)62(97)83-57(35(5)85)59(69)94/h8-20,28-29,33-36,45-51,56-58,70-71,84-86H,21-27,30-32H2,1-7H3,(H2,69,94)(H,72,95)(H,73,96)(H,74,87)(H,75,88)(H,76,99)(H,77,100)(H,78,98)(H,79,103)(H,80,102)(H,81,89)(H,82,101)(H,83,97)(H,90,91)(H,92,93)/t35-,36-,45+,46+,47+,48+,49+,50+,51+,56+,57+,58+/m1/s1. The van der Waals surface area contributed by atoms with Crippen molar-refractivity contribution in [2.45, 2.75) is 166 Å². The molecule has 2 aromatic heterocycles. The number of rotatable bonds is 41. The van der Waals surface area contributed by atoms with Gasteiger partial charge in [0.25, 0.3) is 0 Å². The maximum Gasteiger partial charge on any atom is 0.305 e. The number of amides is 13. The Bertz CT molecular complexity index is 3840. The second kappa shape index (κ2) is 39.6. The van der Waals surface area contributed by atoms with Gasteiger partial charge in [-0.15, -0.1) is 0 Å². The Hall–Kier alpha value is -11.3. The van der Waals surface area contributed by atoms with Crippen molar-refractivity contribution in [3.8, 4) is 0 Å². The highest BCUT2D eigenvalue weighted by atomic mass is 16.4. The minimum Gasteiger partial charge on any atom is -0.481 e. The van der Waals surface area contributed by atoms with E-state index in [-0.39, 0.29) is 31.6 Å². The normalized spacial score (nSPS) is 14.7. The topological polar surface area (TPSA) is 559 Å². The number of aromatic amines is 2. The summed E-state index contributed by atoms with van der Waals surface area (Å²) in [6.07, 6.45) is -2.75. The molecule has 35 heteroatoms. The maximum atomic E-state index is 14.5. The first-order valence-electron chi connectivity index (χ1n) is 33.0. The van der Waals surface area contributed by atoms with Crippen molar-refractivity contribution in [3.63, 3.8) is 0 Å². The minimum atomic E-state index is -1.78. The molecule has 0 saturated heterocycles. The highest BCUT2D eigenvalue weighted by molar-refractivity contribution is 6.00. The van der Waals surface area contributed by atoms with Gasteiger partial charge in [0.05, 0.1) is 38.3 Å². The first kappa shape index (κ1) is 82.3. The van der Waals surface area contributed by atoms with Crippen LogP contribution in [0.25, 0.3) is 21.8 Å². The summed E-state index contributed by atoms with van der Waals surface area (Å²) < 4.78 is 0. The highest BCUT2D eigenvalue weighted by Crippen LogP contribution is 2.22. The number of carbonyl (C=O) groups excluding carboxylic acids is 13. The van der Waals surface area contributed by atoms with Crippen molar-refractivity contribution in [1.82, 2.24) is 73.8 Å². The van der Waals surface area contributed by atoms with Crippen LogP contribution >= 0.6 is 0 Å². The van der Waals surface area contributed by atoms with E-state index in [0.717, 1.165) is 20.8 Å². The molecule has 103 heavy (non-hydrogen) atoms. The fourth-order valence-electron chi connectivity index (χ4n) is 10.8. The zero-order valence-electron chi connectivity index (χ0n) is 57.8. The van der Waals surface area contributed by atoms with Crippen molar-refractivity contribution < 1.29 is 97.5 Å². The number of nitrogens with one attached hydrogen (secondary N) is 14. The van der Waals surface area contributed by atoms with Crippen molar-refractivity contribution in [2.24, 2.45) is 17.6 Å². The first-order valence-corrected chi connectivity index (χ1v) is 33.0. The van der Waals surface area contributed by atoms with Gasteiger partial charge in [-0.25, -0.2) is 0 Å². The van der Waals surface area contributed by atoms with Crippen LogP contribution in [0.2, 0.25) is 0 Å². The number of para-hydroxylation sites is 2. The molecule has 3 aromatic carbocycles. The van der Waals surface area contributed by atoms with Gasteiger partial charge in [-0.1, -0.05) is 94.4 Å². The fourth-order valence-corrected chi connectivity index (χ4v) is 10.8.